The Morgan fingerprint density at radius 3 is 2.43 bits per heavy atom. The summed E-state index contributed by atoms with van der Waals surface area (Å²) in [5.74, 6) is 0.158. The van der Waals surface area contributed by atoms with Crippen LogP contribution in [-0.2, 0) is 4.79 Å². The van der Waals surface area contributed by atoms with E-state index < -0.39 is 0 Å². The molecule has 0 radical (unpaired) electrons. The van der Waals surface area contributed by atoms with Crippen molar-refractivity contribution < 1.29 is 14.3 Å². The molecular weight excluding hydrogens is 400 g/mol. The minimum atomic E-state index is -0.235. The summed E-state index contributed by atoms with van der Waals surface area (Å²) < 4.78 is 5.32. The van der Waals surface area contributed by atoms with E-state index in [0.717, 1.165) is 5.39 Å². The van der Waals surface area contributed by atoms with Crippen LogP contribution < -0.4 is 9.64 Å². The van der Waals surface area contributed by atoms with Crippen LogP contribution in [0.3, 0.4) is 0 Å². The Bertz CT molecular complexity index is 1250. The standard InChI is InChI=1S/C24H19ClN2O3/c1-15(28)27(18-9-6-10-19(14-18)30-2)23-20-12-11-17(25)13-21(20)26-22(23)24(29)16-7-4-3-5-8-16/h3-14,26H,1-2H3. The number of methoxy groups -OCH3 is 1. The number of ether oxygens (including phenoxy) is 1. The summed E-state index contributed by atoms with van der Waals surface area (Å²) in [5.41, 5.74) is 2.59. The van der Waals surface area contributed by atoms with Crippen LogP contribution in [0.5, 0.6) is 5.75 Å². The number of carbonyl (C=O) groups excluding carboxylic acids is 2. The highest BCUT2D eigenvalue weighted by Crippen LogP contribution is 2.39. The number of fused-ring (bicyclic) bond motifs is 1. The summed E-state index contributed by atoms with van der Waals surface area (Å²) in [6, 6.07) is 21.4. The zero-order valence-electron chi connectivity index (χ0n) is 16.5. The van der Waals surface area contributed by atoms with Crippen LogP contribution in [0.1, 0.15) is 23.0 Å². The Kier molecular flexibility index (Phi) is 5.29. The molecule has 0 spiro atoms. The minimum absolute atomic E-state index is 0.216. The molecule has 1 aromatic heterocycles. The smallest absolute Gasteiger partial charge is 0.228 e. The summed E-state index contributed by atoms with van der Waals surface area (Å²) in [4.78, 5) is 30.9. The molecule has 150 valence electrons. The lowest BCUT2D eigenvalue weighted by atomic mass is 10.1. The number of amides is 1. The predicted molar refractivity (Wildman–Crippen MR) is 119 cm³/mol. The maximum atomic E-state index is 13.4. The Hall–Kier alpha value is -3.57. The van der Waals surface area contributed by atoms with Crippen molar-refractivity contribution in [1.82, 2.24) is 4.98 Å². The number of hydrogen-bond donors (Lipinski definition) is 1. The van der Waals surface area contributed by atoms with Crippen LogP contribution in [0.15, 0.2) is 72.8 Å². The average Bonchev–Trinajstić information content (AvgIpc) is 3.12. The molecule has 3 aromatic carbocycles. The van der Waals surface area contributed by atoms with E-state index in [1.54, 1.807) is 73.8 Å². The number of aromatic amines is 1. The van der Waals surface area contributed by atoms with Crippen molar-refractivity contribution in [2.24, 2.45) is 0 Å². The Morgan fingerprint density at radius 1 is 0.967 bits per heavy atom. The summed E-state index contributed by atoms with van der Waals surface area (Å²) in [7, 11) is 1.56. The maximum Gasteiger partial charge on any atom is 0.228 e. The molecule has 6 heteroatoms. The van der Waals surface area contributed by atoms with Crippen LogP contribution in [0.4, 0.5) is 11.4 Å². The van der Waals surface area contributed by atoms with Gasteiger partial charge in [-0.15, -0.1) is 0 Å². The molecule has 0 bridgehead atoms. The van der Waals surface area contributed by atoms with Crippen molar-refractivity contribution in [3.05, 3.63) is 89.1 Å². The fraction of sp³-hybridized carbons (Fsp3) is 0.0833. The number of rotatable bonds is 5. The molecule has 5 nitrogen and oxygen atoms in total. The number of carbonyl (C=O) groups is 2. The van der Waals surface area contributed by atoms with Crippen LogP contribution in [-0.4, -0.2) is 23.8 Å². The number of aromatic nitrogens is 1. The van der Waals surface area contributed by atoms with Gasteiger partial charge >= 0.3 is 0 Å². The third-order valence-electron chi connectivity index (χ3n) is 4.85. The highest BCUT2D eigenvalue weighted by molar-refractivity contribution is 6.31. The van der Waals surface area contributed by atoms with E-state index in [-0.39, 0.29) is 11.7 Å². The van der Waals surface area contributed by atoms with E-state index >= 15 is 0 Å². The number of nitrogens with one attached hydrogen (secondary N) is 1. The molecule has 4 aromatic rings. The van der Waals surface area contributed by atoms with Gasteiger partial charge in [-0.3, -0.25) is 14.5 Å². The Labute approximate surface area is 178 Å². The van der Waals surface area contributed by atoms with Crippen molar-refractivity contribution in [3.8, 4) is 5.75 Å². The molecule has 0 saturated carbocycles. The van der Waals surface area contributed by atoms with Gasteiger partial charge in [0.05, 0.1) is 18.5 Å². The second-order valence-electron chi connectivity index (χ2n) is 6.79. The molecule has 1 N–H and O–H groups in total. The molecule has 0 unspecified atom stereocenters. The molecule has 0 aliphatic carbocycles. The third kappa shape index (κ3) is 3.55. The Morgan fingerprint density at radius 2 is 1.73 bits per heavy atom. The second kappa shape index (κ2) is 8.05. The molecule has 0 saturated heterocycles. The minimum Gasteiger partial charge on any atom is -0.497 e. The van der Waals surface area contributed by atoms with Gasteiger partial charge in [0.2, 0.25) is 11.7 Å². The molecule has 1 heterocycles. The lowest BCUT2D eigenvalue weighted by molar-refractivity contribution is -0.115. The molecule has 0 fully saturated rings. The maximum absolute atomic E-state index is 13.4. The van der Waals surface area contributed by atoms with Gasteiger partial charge in [-0.05, 0) is 30.3 Å². The lowest BCUT2D eigenvalue weighted by Gasteiger charge is -2.22. The van der Waals surface area contributed by atoms with Gasteiger partial charge in [-0.1, -0.05) is 48.0 Å². The largest absolute Gasteiger partial charge is 0.497 e. The number of nitrogens with zero attached hydrogens (tertiary/aromatic N) is 1. The van der Waals surface area contributed by atoms with E-state index in [1.165, 1.54) is 11.8 Å². The molecule has 30 heavy (non-hydrogen) atoms. The number of hydrogen-bond acceptors (Lipinski definition) is 3. The fourth-order valence-corrected chi connectivity index (χ4v) is 3.68. The van der Waals surface area contributed by atoms with Crippen molar-refractivity contribution in [2.75, 3.05) is 12.0 Å². The summed E-state index contributed by atoms with van der Waals surface area (Å²) in [6.07, 6.45) is 0. The van der Waals surface area contributed by atoms with E-state index in [1.807, 2.05) is 6.07 Å². The van der Waals surface area contributed by atoms with Gasteiger partial charge in [0.25, 0.3) is 0 Å². The van der Waals surface area contributed by atoms with Crippen LogP contribution in [0.25, 0.3) is 10.9 Å². The van der Waals surface area contributed by atoms with Crippen LogP contribution in [0, 0.1) is 0 Å². The van der Waals surface area contributed by atoms with E-state index in [2.05, 4.69) is 4.98 Å². The van der Waals surface area contributed by atoms with Crippen molar-refractivity contribution in [1.29, 1.82) is 0 Å². The number of H-pyrrole nitrogens is 1. The normalized spacial score (nSPS) is 10.8. The third-order valence-corrected chi connectivity index (χ3v) is 5.08. The van der Waals surface area contributed by atoms with Crippen molar-refractivity contribution in [2.45, 2.75) is 6.92 Å². The molecule has 0 aliphatic rings. The Balaban J connectivity index is 1.99. The first-order chi connectivity index (χ1) is 14.5. The van der Waals surface area contributed by atoms with Gasteiger partial charge < -0.3 is 9.72 Å². The first-order valence-electron chi connectivity index (χ1n) is 9.35. The monoisotopic (exact) mass is 418 g/mol. The summed E-state index contributed by atoms with van der Waals surface area (Å²) >= 11 is 6.17. The first kappa shape index (κ1) is 19.7. The van der Waals surface area contributed by atoms with Crippen LogP contribution in [0.2, 0.25) is 5.02 Å². The highest BCUT2D eigenvalue weighted by Gasteiger charge is 2.27. The molecular formula is C24H19ClN2O3. The number of anilines is 2. The average molecular weight is 419 g/mol. The number of ketones is 1. The van der Waals surface area contributed by atoms with Gasteiger partial charge in [-0.25, -0.2) is 0 Å². The molecule has 0 atom stereocenters. The van der Waals surface area contributed by atoms with E-state index in [9.17, 15) is 9.59 Å². The topological polar surface area (TPSA) is 62.4 Å². The first-order valence-corrected chi connectivity index (χ1v) is 9.73. The van der Waals surface area contributed by atoms with Gasteiger partial charge in [0.1, 0.15) is 11.4 Å². The fourth-order valence-electron chi connectivity index (χ4n) is 3.50. The number of benzene rings is 3. The quantitative estimate of drug-likeness (QED) is 0.420. The summed E-state index contributed by atoms with van der Waals surface area (Å²) in [6.45, 7) is 1.46. The van der Waals surface area contributed by atoms with Gasteiger partial charge in [0.15, 0.2) is 0 Å². The lowest BCUT2D eigenvalue weighted by Crippen LogP contribution is -2.24. The summed E-state index contributed by atoms with van der Waals surface area (Å²) in [5, 5.41) is 1.25. The van der Waals surface area contributed by atoms with Crippen molar-refractivity contribution in [3.63, 3.8) is 0 Å². The molecule has 1 amide bonds. The van der Waals surface area contributed by atoms with E-state index in [4.69, 9.17) is 16.3 Å². The molecule has 0 aliphatic heterocycles. The van der Waals surface area contributed by atoms with E-state index in [0.29, 0.717) is 38.9 Å². The van der Waals surface area contributed by atoms with Gasteiger partial charge in [-0.2, -0.15) is 0 Å². The zero-order valence-corrected chi connectivity index (χ0v) is 17.2. The number of halogens is 1. The van der Waals surface area contributed by atoms with Crippen LogP contribution >= 0.6 is 11.6 Å². The second-order valence-corrected chi connectivity index (χ2v) is 7.23. The van der Waals surface area contributed by atoms with Crippen molar-refractivity contribution >= 4 is 45.6 Å². The zero-order chi connectivity index (χ0) is 21.3. The highest BCUT2D eigenvalue weighted by atomic mass is 35.5. The predicted octanol–water partition coefficient (Wildman–Crippen LogP) is 5.75. The molecule has 4 rings (SSSR count). The SMILES string of the molecule is COc1cccc(N(C(C)=O)c2c(C(=O)c3ccccc3)[nH]c3cc(Cl)ccc23)c1. The van der Waals surface area contributed by atoms with Gasteiger partial charge in [0, 0.05) is 34.5 Å².